The zero-order valence-corrected chi connectivity index (χ0v) is 17.2. The summed E-state index contributed by atoms with van der Waals surface area (Å²) in [5, 5.41) is 8.75. The van der Waals surface area contributed by atoms with Crippen molar-refractivity contribution < 1.29 is 19.5 Å². The highest BCUT2D eigenvalue weighted by atomic mass is 16.5. The number of carboxylic acids is 1. The van der Waals surface area contributed by atoms with Crippen LogP contribution in [0.25, 0.3) is 0 Å². The van der Waals surface area contributed by atoms with Gasteiger partial charge in [-0.25, -0.2) is 4.79 Å². The maximum Gasteiger partial charge on any atom is 0.328 e. The topological polar surface area (TPSA) is 51.0 Å². The minimum Gasteiger partial charge on any atom is -0.478 e. The first-order valence-corrected chi connectivity index (χ1v) is 9.90. The number of quaternary nitrogens is 1. The highest BCUT2D eigenvalue weighted by Crippen LogP contribution is 2.32. The van der Waals surface area contributed by atoms with Crippen LogP contribution in [0, 0.1) is 0 Å². The Balaban J connectivity index is 2.15. The number of aliphatic carboxylic acids is 1. The number of carboxylic acid groups (broad SMARTS) is 1. The highest BCUT2D eigenvalue weighted by molar-refractivity contribution is 5.81. The van der Waals surface area contributed by atoms with E-state index < -0.39 is 5.97 Å². The summed E-state index contributed by atoms with van der Waals surface area (Å²) < 4.78 is 5.57. The molecular formula is C23H34NO3+. The summed E-state index contributed by atoms with van der Waals surface area (Å²) in [6.07, 6.45) is 15.1. The molecule has 27 heavy (non-hydrogen) atoms. The van der Waals surface area contributed by atoms with Crippen LogP contribution in [0.2, 0.25) is 0 Å². The van der Waals surface area contributed by atoms with Crippen LogP contribution in [-0.4, -0.2) is 42.9 Å². The van der Waals surface area contributed by atoms with Gasteiger partial charge in [0, 0.05) is 18.1 Å². The van der Waals surface area contributed by atoms with Crippen molar-refractivity contribution in [3.05, 3.63) is 58.7 Å². The molecule has 148 valence electrons. The Hall–Kier alpha value is -1.91. The second-order valence-corrected chi connectivity index (χ2v) is 7.93. The third kappa shape index (κ3) is 6.05. The van der Waals surface area contributed by atoms with E-state index in [9.17, 15) is 4.79 Å². The Morgan fingerprint density at radius 1 is 1.19 bits per heavy atom. The first kappa shape index (κ1) is 21.4. The van der Waals surface area contributed by atoms with Crippen LogP contribution in [0.1, 0.15) is 47.0 Å². The van der Waals surface area contributed by atoms with Crippen molar-refractivity contribution in [3.8, 4) is 0 Å². The fourth-order valence-electron chi connectivity index (χ4n) is 4.18. The molecule has 1 atom stereocenters. The molecule has 1 aliphatic carbocycles. The SMILES string of the molecule is CC1=C(/C=C/C(C)=C/C=C/C(C)=C/C(=O)O)[C@](C)([NH+]2CCOCC2)CCC1. The van der Waals surface area contributed by atoms with Gasteiger partial charge in [0.2, 0.25) is 0 Å². The Morgan fingerprint density at radius 3 is 2.56 bits per heavy atom. The molecule has 1 saturated heterocycles. The minimum absolute atomic E-state index is 0.166. The molecule has 0 aromatic carbocycles. The van der Waals surface area contributed by atoms with Crippen molar-refractivity contribution in [2.24, 2.45) is 0 Å². The normalized spacial score (nSPS) is 26.4. The predicted molar refractivity (Wildman–Crippen MR) is 110 cm³/mol. The number of hydrogen-bond donors (Lipinski definition) is 2. The molecule has 0 aromatic heterocycles. The summed E-state index contributed by atoms with van der Waals surface area (Å²) in [6, 6.07) is 0. The summed E-state index contributed by atoms with van der Waals surface area (Å²) in [5.74, 6) is -0.914. The number of rotatable bonds is 6. The van der Waals surface area contributed by atoms with E-state index in [0.717, 1.165) is 37.4 Å². The largest absolute Gasteiger partial charge is 0.478 e. The molecule has 4 heteroatoms. The molecule has 0 spiro atoms. The number of hydrogen-bond acceptors (Lipinski definition) is 2. The lowest BCUT2D eigenvalue weighted by atomic mass is 9.76. The molecular weight excluding hydrogens is 338 g/mol. The molecule has 0 unspecified atom stereocenters. The summed E-state index contributed by atoms with van der Waals surface area (Å²) in [5.41, 5.74) is 5.02. The van der Waals surface area contributed by atoms with Crippen molar-refractivity contribution in [2.45, 2.75) is 52.5 Å². The summed E-state index contributed by atoms with van der Waals surface area (Å²) in [4.78, 5) is 12.3. The van der Waals surface area contributed by atoms with E-state index in [1.807, 2.05) is 18.2 Å². The zero-order chi connectivity index (χ0) is 19.9. The van der Waals surface area contributed by atoms with Gasteiger partial charge in [-0.1, -0.05) is 41.5 Å². The molecule has 0 amide bonds. The maximum absolute atomic E-state index is 10.7. The molecule has 1 fully saturated rings. The second-order valence-electron chi connectivity index (χ2n) is 7.93. The predicted octanol–water partition coefficient (Wildman–Crippen LogP) is 3.25. The van der Waals surface area contributed by atoms with E-state index in [2.05, 4.69) is 32.9 Å². The van der Waals surface area contributed by atoms with Crippen molar-refractivity contribution in [1.29, 1.82) is 0 Å². The van der Waals surface area contributed by atoms with Crippen LogP contribution in [-0.2, 0) is 9.53 Å². The number of nitrogens with one attached hydrogen (secondary N) is 1. The van der Waals surface area contributed by atoms with Crippen LogP contribution in [0.15, 0.2) is 58.7 Å². The summed E-state index contributed by atoms with van der Waals surface area (Å²) >= 11 is 0. The Morgan fingerprint density at radius 2 is 1.89 bits per heavy atom. The van der Waals surface area contributed by atoms with Crippen molar-refractivity contribution >= 4 is 5.97 Å². The van der Waals surface area contributed by atoms with E-state index >= 15 is 0 Å². The Bertz CT molecular complexity index is 690. The molecule has 1 heterocycles. The van der Waals surface area contributed by atoms with Gasteiger partial charge in [-0.15, -0.1) is 0 Å². The van der Waals surface area contributed by atoms with Crippen LogP contribution in [0.3, 0.4) is 0 Å². The van der Waals surface area contributed by atoms with Crippen LogP contribution >= 0.6 is 0 Å². The van der Waals surface area contributed by atoms with Crippen molar-refractivity contribution in [1.82, 2.24) is 0 Å². The smallest absolute Gasteiger partial charge is 0.328 e. The van der Waals surface area contributed by atoms with Gasteiger partial charge in [-0.2, -0.15) is 0 Å². The van der Waals surface area contributed by atoms with E-state index in [-0.39, 0.29) is 5.54 Å². The fraction of sp³-hybridized carbons (Fsp3) is 0.522. The highest BCUT2D eigenvalue weighted by Gasteiger charge is 2.41. The van der Waals surface area contributed by atoms with Gasteiger partial charge in [0.25, 0.3) is 0 Å². The molecule has 4 nitrogen and oxygen atoms in total. The van der Waals surface area contributed by atoms with Gasteiger partial charge in [-0.3, -0.25) is 0 Å². The molecule has 2 N–H and O–H groups in total. The Kier molecular flexibility index (Phi) is 7.81. The zero-order valence-electron chi connectivity index (χ0n) is 17.2. The van der Waals surface area contributed by atoms with Crippen LogP contribution < -0.4 is 4.90 Å². The average Bonchev–Trinajstić information content (AvgIpc) is 2.61. The summed E-state index contributed by atoms with van der Waals surface area (Å²) in [7, 11) is 0. The van der Waals surface area contributed by atoms with Gasteiger partial charge >= 0.3 is 5.97 Å². The molecule has 2 rings (SSSR count). The number of carbonyl (C=O) groups is 1. The minimum atomic E-state index is -0.914. The molecule has 0 radical (unpaired) electrons. The third-order valence-corrected chi connectivity index (χ3v) is 5.74. The molecule has 0 aromatic rings. The third-order valence-electron chi connectivity index (χ3n) is 5.74. The standard InChI is InChI=1S/C23H33NO3/c1-18(7-5-8-19(2)17-22(25)26)10-11-21-20(3)9-6-12-23(21,4)24-13-15-27-16-14-24/h5,7-8,10-11,17H,6,9,12-16H2,1-4H3,(H,25,26)/p+1/b8-5+,11-10+,18-7+,19-17+/t23-/m1/s1. The quantitative estimate of drug-likeness (QED) is 0.556. The second kappa shape index (κ2) is 9.86. The monoisotopic (exact) mass is 372 g/mol. The van der Waals surface area contributed by atoms with E-state index in [0.29, 0.717) is 0 Å². The van der Waals surface area contributed by atoms with E-state index in [1.165, 1.54) is 36.5 Å². The Labute approximate surface area is 163 Å². The molecule has 0 bridgehead atoms. The van der Waals surface area contributed by atoms with Gasteiger partial charge in [0.15, 0.2) is 0 Å². The first-order chi connectivity index (χ1) is 12.8. The van der Waals surface area contributed by atoms with Gasteiger partial charge in [0.05, 0.1) is 13.2 Å². The van der Waals surface area contributed by atoms with Crippen molar-refractivity contribution in [3.63, 3.8) is 0 Å². The first-order valence-electron chi connectivity index (χ1n) is 9.90. The van der Waals surface area contributed by atoms with Crippen LogP contribution in [0.5, 0.6) is 0 Å². The lowest BCUT2D eigenvalue weighted by Gasteiger charge is -2.44. The van der Waals surface area contributed by atoms with Crippen LogP contribution in [0.4, 0.5) is 0 Å². The van der Waals surface area contributed by atoms with E-state index in [1.54, 1.807) is 11.8 Å². The number of allylic oxidation sites excluding steroid dienone is 7. The molecule has 2 aliphatic rings. The number of ether oxygens (including phenoxy) is 1. The fourth-order valence-corrected chi connectivity index (χ4v) is 4.18. The van der Waals surface area contributed by atoms with Gasteiger partial charge < -0.3 is 14.7 Å². The van der Waals surface area contributed by atoms with E-state index in [4.69, 9.17) is 9.84 Å². The lowest BCUT2D eigenvalue weighted by Crippen LogP contribution is -3.21. The molecule has 1 aliphatic heterocycles. The maximum atomic E-state index is 10.7. The lowest BCUT2D eigenvalue weighted by molar-refractivity contribution is -0.952. The average molecular weight is 373 g/mol. The van der Waals surface area contributed by atoms with Gasteiger partial charge in [0.1, 0.15) is 18.6 Å². The number of morpholine rings is 1. The van der Waals surface area contributed by atoms with Crippen molar-refractivity contribution in [2.75, 3.05) is 26.3 Å². The molecule has 0 saturated carbocycles. The summed E-state index contributed by atoms with van der Waals surface area (Å²) in [6.45, 7) is 12.4. The van der Waals surface area contributed by atoms with Gasteiger partial charge in [-0.05, 0) is 46.1 Å².